The van der Waals surface area contributed by atoms with Crippen molar-refractivity contribution in [3.63, 3.8) is 0 Å². The van der Waals surface area contributed by atoms with Crippen molar-refractivity contribution >= 4 is 11.8 Å². The lowest BCUT2D eigenvalue weighted by Crippen LogP contribution is -2.61. The van der Waals surface area contributed by atoms with Gasteiger partial charge in [-0.3, -0.25) is 19.6 Å². The highest BCUT2D eigenvalue weighted by Gasteiger charge is 2.46. The molecular weight excluding hydrogens is 404 g/mol. The maximum absolute atomic E-state index is 13.3. The van der Waals surface area contributed by atoms with Crippen LogP contribution in [0.15, 0.2) is 73.2 Å². The average Bonchev–Trinajstić information content (AvgIpc) is 2.84. The number of carbonyl (C=O) groups is 2. The number of likely N-dealkylation sites (N-methyl/N-ethyl adjacent to an activating group) is 1. The summed E-state index contributed by atoms with van der Waals surface area (Å²) in [6.45, 7) is 0.852. The molecule has 2 aromatic heterocycles. The molecule has 7 heteroatoms. The van der Waals surface area contributed by atoms with E-state index in [4.69, 9.17) is 4.74 Å². The van der Waals surface area contributed by atoms with E-state index in [0.717, 1.165) is 16.7 Å². The van der Waals surface area contributed by atoms with Gasteiger partial charge in [-0.25, -0.2) is 0 Å². The maximum Gasteiger partial charge on any atom is 0.272 e. The molecule has 1 aliphatic heterocycles. The first-order chi connectivity index (χ1) is 15.5. The van der Waals surface area contributed by atoms with Crippen LogP contribution in [0.5, 0.6) is 0 Å². The number of nitrogens with zero attached hydrogens (tertiary/aromatic N) is 4. The van der Waals surface area contributed by atoms with Crippen molar-refractivity contribution < 1.29 is 14.3 Å². The minimum absolute atomic E-state index is 0.163. The van der Waals surface area contributed by atoms with Crippen molar-refractivity contribution in [3.8, 4) is 11.1 Å². The fraction of sp³-hybridized carbons (Fsp3) is 0.280. The smallest absolute Gasteiger partial charge is 0.272 e. The normalized spacial score (nSPS) is 18.2. The Morgan fingerprint density at radius 2 is 1.91 bits per heavy atom. The third kappa shape index (κ3) is 4.53. The van der Waals surface area contributed by atoms with E-state index >= 15 is 0 Å². The highest BCUT2D eigenvalue weighted by atomic mass is 16.5. The van der Waals surface area contributed by atoms with E-state index in [1.165, 1.54) is 4.90 Å². The van der Waals surface area contributed by atoms with Gasteiger partial charge in [0.25, 0.3) is 11.8 Å². The number of amides is 2. The monoisotopic (exact) mass is 430 g/mol. The molecule has 164 valence electrons. The SMILES string of the molecule is CN(C)C(=O)C1(Cc2cccc(-c3cccnc3)c2)CN(C(=O)c2ccccn2)CCO1. The van der Waals surface area contributed by atoms with Gasteiger partial charge in [0.2, 0.25) is 0 Å². The summed E-state index contributed by atoms with van der Waals surface area (Å²) in [6.07, 6.45) is 5.49. The molecule has 0 saturated carbocycles. The molecule has 2 amide bonds. The zero-order valence-electron chi connectivity index (χ0n) is 18.3. The van der Waals surface area contributed by atoms with Gasteiger partial charge in [-0.1, -0.05) is 36.4 Å². The predicted molar refractivity (Wildman–Crippen MR) is 121 cm³/mol. The van der Waals surface area contributed by atoms with Crippen LogP contribution in [-0.2, 0) is 16.0 Å². The molecule has 3 aromatic rings. The molecule has 1 atom stereocenters. The lowest BCUT2D eigenvalue weighted by Gasteiger charge is -2.42. The molecule has 1 unspecified atom stereocenters. The van der Waals surface area contributed by atoms with Crippen LogP contribution in [-0.4, -0.2) is 71.0 Å². The number of ether oxygens (including phenoxy) is 1. The molecule has 0 N–H and O–H groups in total. The summed E-state index contributed by atoms with van der Waals surface area (Å²) in [5, 5.41) is 0. The van der Waals surface area contributed by atoms with Gasteiger partial charge in [0.1, 0.15) is 5.69 Å². The summed E-state index contributed by atoms with van der Waals surface area (Å²) in [5.41, 5.74) is 2.16. The number of rotatable bonds is 5. The van der Waals surface area contributed by atoms with Gasteiger partial charge in [-0.05, 0) is 34.9 Å². The van der Waals surface area contributed by atoms with Crippen molar-refractivity contribution in [3.05, 3.63) is 84.4 Å². The lowest BCUT2D eigenvalue weighted by atomic mass is 9.89. The van der Waals surface area contributed by atoms with Crippen LogP contribution in [0.2, 0.25) is 0 Å². The van der Waals surface area contributed by atoms with Crippen molar-refractivity contribution in [2.45, 2.75) is 12.0 Å². The zero-order valence-corrected chi connectivity index (χ0v) is 18.3. The Bertz CT molecular complexity index is 1090. The second-order valence-corrected chi connectivity index (χ2v) is 8.10. The highest BCUT2D eigenvalue weighted by molar-refractivity contribution is 5.93. The van der Waals surface area contributed by atoms with E-state index in [2.05, 4.69) is 9.97 Å². The van der Waals surface area contributed by atoms with Gasteiger partial charge < -0.3 is 14.5 Å². The number of benzene rings is 1. The van der Waals surface area contributed by atoms with Gasteiger partial charge in [0, 0.05) is 45.7 Å². The Balaban J connectivity index is 1.64. The topological polar surface area (TPSA) is 75.6 Å². The van der Waals surface area contributed by atoms with E-state index in [1.807, 2.05) is 42.6 Å². The van der Waals surface area contributed by atoms with Gasteiger partial charge in [-0.2, -0.15) is 0 Å². The Morgan fingerprint density at radius 1 is 1.06 bits per heavy atom. The molecule has 1 fully saturated rings. The summed E-state index contributed by atoms with van der Waals surface area (Å²) >= 11 is 0. The minimum Gasteiger partial charge on any atom is -0.361 e. The van der Waals surface area contributed by atoms with Crippen molar-refractivity contribution in [2.24, 2.45) is 0 Å². The standard InChI is InChI=1S/C25H26N4O3/c1-28(2)24(31)25(16-19-7-5-8-20(15-19)21-9-6-11-26-17-21)18-29(13-14-32-25)23(30)22-10-3-4-12-27-22/h3-12,15,17H,13-14,16,18H2,1-2H3. The molecule has 0 spiro atoms. The van der Waals surface area contributed by atoms with Crippen molar-refractivity contribution in [1.29, 1.82) is 0 Å². The molecule has 1 aromatic carbocycles. The third-order valence-electron chi connectivity index (χ3n) is 5.56. The molecular formula is C25H26N4O3. The molecule has 32 heavy (non-hydrogen) atoms. The molecule has 0 bridgehead atoms. The number of aromatic nitrogens is 2. The Morgan fingerprint density at radius 3 is 2.62 bits per heavy atom. The molecule has 7 nitrogen and oxygen atoms in total. The van der Waals surface area contributed by atoms with Gasteiger partial charge in [0.05, 0.1) is 13.2 Å². The van der Waals surface area contributed by atoms with Crippen molar-refractivity contribution in [2.75, 3.05) is 33.8 Å². The molecule has 0 radical (unpaired) electrons. The van der Waals surface area contributed by atoms with Crippen LogP contribution in [0.25, 0.3) is 11.1 Å². The van der Waals surface area contributed by atoms with Crippen LogP contribution >= 0.6 is 0 Å². The largest absolute Gasteiger partial charge is 0.361 e. The van der Waals surface area contributed by atoms with Crippen LogP contribution < -0.4 is 0 Å². The first-order valence-electron chi connectivity index (χ1n) is 10.5. The zero-order chi connectivity index (χ0) is 22.6. The Kier molecular flexibility index (Phi) is 6.28. The van der Waals surface area contributed by atoms with Gasteiger partial charge in [-0.15, -0.1) is 0 Å². The maximum atomic E-state index is 13.3. The second kappa shape index (κ2) is 9.28. The van der Waals surface area contributed by atoms with E-state index in [0.29, 0.717) is 18.7 Å². The Hall–Kier alpha value is -3.58. The van der Waals surface area contributed by atoms with Crippen LogP contribution in [0.1, 0.15) is 16.1 Å². The van der Waals surface area contributed by atoms with E-state index in [9.17, 15) is 9.59 Å². The summed E-state index contributed by atoms with van der Waals surface area (Å²) in [4.78, 5) is 37.9. The van der Waals surface area contributed by atoms with Crippen LogP contribution in [0.3, 0.4) is 0 Å². The first kappa shape index (κ1) is 21.6. The lowest BCUT2D eigenvalue weighted by molar-refractivity contribution is -0.165. The van der Waals surface area contributed by atoms with Crippen LogP contribution in [0, 0.1) is 0 Å². The molecule has 1 saturated heterocycles. The molecule has 4 rings (SSSR count). The fourth-order valence-corrected chi connectivity index (χ4v) is 4.05. The summed E-state index contributed by atoms with van der Waals surface area (Å²) in [5.74, 6) is -0.364. The summed E-state index contributed by atoms with van der Waals surface area (Å²) < 4.78 is 6.14. The fourth-order valence-electron chi connectivity index (χ4n) is 4.05. The predicted octanol–water partition coefficient (Wildman–Crippen LogP) is 2.69. The molecule has 0 aliphatic carbocycles. The number of morpholine rings is 1. The summed E-state index contributed by atoms with van der Waals surface area (Å²) in [6, 6.07) is 17.1. The van der Waals surface area contributed by atoms with Gasteiger partial charge in [0.15, 0.2) is 5.60 Å². The van der Waals surface area contributed by atoms with E-state index in [1.54, 1.807) is 49.6 Å². The quantitative estimate of drug-likeness (QED) is 0.622. The number of hydrogen-bond donors (Lipinski definition) is 0. The first-order valence-corrected chi connectivity index (χ1v) is 10.5. The molecule has 3 heterocycles. The Labute approximate surface area is 187 Å². The molecule has 1 aliphatic rings. The van der Waals surface area contributed by atoms with E-state index in [-0.39, 0.29) is 25.0 Å². The van der Waals surface area contributed by atoms with Crippen LogP contribution in [0.4, 0.5) is 0 Å². The summed E-state index contributed by atoms with van der Waals surface area (Å²) in [7, 11) is 3.41. The number of pyridine rings is 2. The van der Waals surface area contributed by atoms with Crippen molar-refractivity contribution in [1.82, 2.24) is 19.8 Å². The van der Waals surface area contributed by atoms with E-state index < -0.39 is 5.60 Å². The highest BCUT2D eigenvalue weighted by Crippen LogP contribution is 2.28. The minimum atomic E-state index is -1.17. The number of carbonyl (C=O) groups excluding carboxylic acids is 2. The third-order valence-corrected chi connectivity index (χ3v) is 5.56. The average molecular weight is 431 g/mol. The van der Waals surface area contributed by atoms with Gasteiger partial charge >= 0.3 is 0 Å². The second-order valence-electron chi connectivity index (χ2n) is 8.10. The number of hydrogen-bond acceptors (Lipinski definition) is 5.